The van der Waals surface area contributed by atoms with E-state index < -0.39 is 0 Å². The molecule has 1 aromatic rings. The molecule has 0 amide bonds. The largest absolute Gasteiger partial charge is 0.376 e. The predicted octanol–water partition coefficient (Wildman–Crippen LogP) is 2.99. The number of aromatic nitrogens is 2. The molecule has 18 heavy (non-hydrogen) atoms. The molecule has 1 aliphatic heterocycles. The SMILES string of the molecule is Clc1cc(NCC2CCCCO2)nc(C2CC2)n1. The summed E-state index contributed by atoms with van der Waals surface area (Å²) >= 11 is 6.02. The third kappa shape index (κ3) is 3.12. The van der Waals surface area contributed by atoms with Crippen molar-refractivity contribution in [2.45, 2.75) is 44.1 Å². The molecular formula is C13H18ClN3O. The summed E-state index contributed by atoms with van der Waals surface area (Å²) in [4.78, 5) is 8.79. The minimum absolute atomic E-state index is 0.303. The van der Waals surface area contributed by atoms with Gasteiger partial charge in [-0.2, -0.15) is 0 Å². The third-order valence-electron chi connectivity index (χ3n) is 3.44. The first-order valence-electron chi connectivity index (χ1n) is 6.71. The Labute approximate surface area is 112 Å². The number of anilines is 1. The molecule has 0 radical (unpaired) electrons. The molecule has 1 saturated carbocycles. The van der Waals surface area contributed by atoms with Crippen LogP contribution in [0.3, 0.4) is 0 Å². The van der Waals surface area contributed by atoms with Crippen LogP contribution in [-0.2, 0) is 4.74 Å². The first kappa shape index (κ1) is 12.2. The fraction of sp³-hybridized carbons (Fsp3) is 0.692. The zero-order valence-corrected chi connectivity index (χ0v) is 11.1. The Morgan fingerprint density at radius 2 is 2.17 bits per heavy atom. The smallest absolute Gasteiger partial charge is 0.135 e. The van der Waals surface area contributed by atoms with E-state index in [4.69, 9.17) is 16.3 Å². The molecule has 3 rings (SSSR count). The van der Waals surface area contributed by atoms with E-state index >= 15 is 0 Å². The lowest BCUT2D eigenvalue weighted by atomic mass is 10.1. The average molecular weight is 268 g/mol. The highest BCUT2D eigenvalue weighted by Crippen LogP contribution is 2.38. The summed E-state index contributed by atoms with van der Waals surface area (Å²) in [6, 6.07) is 1.79. The first-order chi connectivity index (χ1) is 8.81. The number of nitrogens with one attached hydrogen (secondary N) is 1. The van der Waals surface area contributed by atoms with E-state index in [1.54, 1.807) is 6.07 Å². The van der Waals surface area contributed by atoms with Gasteiger partial charge in [0.2, 0.25) is 0 Å². The van der Waals surface area contributed by atoms with Gasteiger partial charge in [0.25, 0.3) is 0 Å². The Kier molecular flexibility index (Phi) is 3.66. The molecular weight excluding hydrogens is 250 g/mol. The van der Waals surface area contributed by atoms with E-state index in [0.29, 0.717) is 17.2 Å². The lowest BCUT2D eigenvalue weighted by Gasteiger charge is -2.23. The summed E-state index contributed by atoms with van der Waals surface area (Å²) in [5.41, 5.74) is 0. The van der Waals surface area contributed by atoms with Gasteiger partial charge in [-0.25, -0.2) is 9.97 Å². The molecule has 0 spiro atoms. The van der Waals surface area contributed by atoms with E-state index in [1.807, 2.05) is 0 Å². The summed E-state index contributed by atoms with van der Waals surface area (Å²) < 4.78 is 5.68. The summed E-state index contributed by atoms with van der Waals surface area (Å²) in [5.74, 6) is 2.23. The maximum atomic E-state index is 6.02. The minimum Gasteiger partial charge on any atom is -0.376 e. The van der Waals surface area contributed by atoms with E-state index in [2.05, 4.69) is 15.3 Å². The van der Waals surface area contributed by atoms with Crippen LogP contribution >= 0.6 is 11.6 Å². The lowest BCUT2D eigenvalue weighted by Crippen LogP contribution is -2.27. The normalized spacial score (nSPS) is 23.9. The maximum Gasteiger partial charge on any atom is 0.135 e. The van der Waals surface area contributed by atoms with Crippen LogP contribution in [0, 0.1) is 0 Å². The van der Waals surface area contributed by atoms with Gasteiger partial charge in [0.05, 0.1) is 6.10 Å². The molecule has 1 aromatic heterocycles. The van der Waals surface area contributed by atoms with Gasteiger partial charge in [-0.1, -0.05) is 11.6 Å². The monoisotopic (exact) mass is 267 g/mol. The van der Waals surface area contributed by atoms with Crippen molar-refractivity contribution in [1.82, 2.24) is 9.97 Å². The van der Waals surface area contributed by atoms with Crippen LogP contribution in [0.5, 0.6) is 0 Å². The molecule has 5 heteroatoms. The molecule has 0 bridgehead atoms. The Morgan fingerprint density at radius 1 is 1.28 bits per heavy atom. The van der Waals surface area contributed by atoms with Crippen molar-refractivity contribution >= 4 is 17.4 Å². The van der Waals surface area contributed by atoms with E-state index in [-0.39, 0.29) is 0 Å². The number of hydrogen-bond donors (Lipinski definition) is 1. The summed E-state index contributed by atoms with van der Waals surface area (Å²) in [7, 11) is 0. The topological polar surface area (TPSA) is 47.0 Å². The minimum atomic E-state index is 0.303. The van der Waals surface area contributed by atoms with E-state index in [1.165, 1.54) is 25.7 Å². The van der Waals surface area contributed by atoms with Crippen molar-refractivity contribution in [3.8, 4) is 0 Å². The number of ether oxygens (including phenoxy) is 1. The van der Waals surface area contributed by atoms with Crippen molar-refractivity contribution < 1.29 is 4.74 Å². The molecule has 1 saturated heterocycles. The van der Waals surface area contributed by atoms with Crippen LogP contribution < -0.4 is 5.32 Å². The zero-order valence-electron chi connectivity index (χ0n) is 10.4. The zero-order chi connectivity index (χ0) is 12.4. The van der Waals surface area contributed by atoms with Crippen molar-refractivity contribution in [2.24, 2.45) is 0 Å². The third-order valence-corrected chi connectivity index (χ3v) is 3.63. The van der Waals surface area contributed by atoms with Gasteiger partial charge in [0.1, 0.15) is 16.8 Å². The molecule has 98 valence electrons. The Hall–Kier alpha value is -0.870. The summed E-state index contributed by atoms with van der Waals surface area (Å²) in [6.45, 7) is 1.68. The van der Waals surface area contributed by atoms with Crippen LogP contribution in [-0.4, -0.2) is 29.2 Å². The van der Waals surface area contributed by atoms with E-state index in [9.17, 15) is 0 Å². The molecule has 1 atom stereocenters. The van der Waals surface area contributed by atoms with Crippen molar-refractivity contribution in [3.05, 3.63) is 17.0 Å². The van der Waals surface area contributed by atoms with Gasteiger partial charge in [-0.15, -0.1) is 0 Å². The van der Waals surface area contributed by atoms with Crippen molar-refractivity contribution in [2.75, 3.05) is 18.5 Å². The number of rotatable bonds is 4. The van der Waals surface area contributed by atoms with Crippen molar-refractivity contribution in [1.29, 1.82) is 0 Å². The molecule has 1 unspecified atom stereocenters. The summed E-state index contributed by atoms with van der Waals surface area (Å²) in [5, 5.41) is 3.84. The summed E-state index contributed by atoms with van der Waals surface area (Å²) in [6.07, 6.45) is 6.24. The quantitative estimate of drug-likeness (QED) is 0.852. The first-order valence-corrected chi connectivity index (χ1v) is 7.09. The Balaban J connectivity index is 1.60. The van der Waals surface area contributed by atoms with Gasteiger partial charge in [0, 0.05) is 25.1 Å². The molecule has 4 nitrogen and oxygen atoms in total. The molecule has 0 aromatic carbocycles. The van der Waals surface area contributed by atoms with Crippen molar-refractivity contribution in [3.63, 3.8) is 0 Å². The second-order valence-corrected chi connectivity index (χ2v) is 5.47. The molecule has 2 fully saturated rings. The predicted molar refractivity (Wildman–Crippen MR) is 71.1 cm³/mol. The highest BCUT2D eigenvalue weighted by atomic mass is 35.5. The highest BCUT2D eigenvalue weighted by molar-refractivity contribution is 6.29. The van der Waals surface area contributed by atoms with Crippen LogP contribution in [0.1, 0.15) is 43.8 Å². The fourth-order valence-electron chi connectivity index (χ4n) is 2.24. The molecule has 2 aliphatic rings. The van der Waals surface area contributed by atoms with Gasteiger partial charge >= 0.3 is 0 Å². The number of nitrogens with zero attached hydrogens (tertiary/aromatic N) is 2. The fourth-order valence-corrected chi connectivity index (χ4v) is 2.43. The van der Waals surface area contributed by atoms with Gasteiger partial charge in [0.15, 0.2) is 0 Å². The van der Waals surface area contributed by atoms with Crippen LogP contribution in [0.4, 0.5) is 5.82 Å². The highest BCUT2D eigenvalue weighted by Gasteiger charge is 2.27. The lowest BCUT2D eigenvalue weighted by molar-refractivity contribution is 0.0247. The van der Waals surface area contributed by atoms with Crippen LogP contribution in [0.25, 0.3) is 0 Å². The van der Waals surface area contributed by atoms with Gasteiger partial charge in [-0.05, 0) is 32.1 Å². The standard InChI is InChI=1S/C13H18ClN3O/c14-11-7-12(17-13(16-11)9-4-5-9)15-8-10-3-1-2-6-18-10/h7,9-10H,1-6,8H2,(H,15,16,17). The Morgan fingerprint density at radius 3 is 2.89 bits per heavy atom. The second kappa shape index (κ2) is 5.41. The van der Waals surface area contributed by atoms with Crippen LogP contribution in [0.15, 0.2) is 6.07 Å². The van der Waals surface area contributed by atoms with E-state index in [0.717, 1.165) is 31.2 Å². The molecule has 1 aliphatic carbocycles. The number of hydrogen-bond acceptors (Lipinski definition) is 4. The maximum absolute atomic E-state index is 6.02. The molecule has 1 N–H and O–H groups in total. The number of halogens is 1. The van der Waals surface area contributed by atoms with Gasteiger partial charge < -0.3 is 10.1 Å². The molecule has 2 heterocycles. The Bertz CT molecular complexity index is 417. The van der Waals surface area contributed by atoms with Gasteiger partial charge in [-0.3, -0.25) is 0 Å². The van der Waals surface area contributed by atoms with Crippen LogP contribution in [0.2, 0.25) is 5.15 Å². The average Bonchev–Trinajstić information content (AvgIpc) is 3.21. The second-order valence-electron chi connectivity index (χ2n) is 5.08.